The average Bonchev–Trinajstić information content (AvgIpc) is 2.14. The Labute approximate surface area is 113 Å². The largest absolute Gasteiger partial charge is 0.456 e. The number of carbonyl (C=O) groups excluding carboxylic acids is 1. The van der Waals surface area contributed by atoms with Gasteiger partial charge in [0, 0.05) is 5.69 Å². The predicted molar refractivity (Wildman–Crippen MR) is 74.9 cm³/mol. The van der Waals surface area contributed by atoms with Gasteiger partial charge in [0.05, 0.1) is 5.69 Å². The highest BCUT2D eigenvalue weighted by Gasteiger charge is 2.25. The third-order valence-corrected chi connectivity index (χ3v) is 2.83. The molecule has 102 valence electrons. The molecule has 1 aromatic rings. The molecule has 0 unspecified atom stereocenters. The van der Waals surface area contributed by atoms with E-state index in [0.29, 0.717) is 17.8 Å². The van der Waals surface area contributed by atoms with E-state index in [-0.39, 0.29) is 18.1 Å². The van der Waals surface area contributed by atoms with Gasteiger partial charge in [0.15, 0.2) is 0 Å². The Morgan fingerprint density at radius 3 is 2.56 bits per heavy atom. The highest BCUT2D eigenvalue weighted by Crippen LogP contribution is 2.25. The molecule has 1 rings (SSSR count). The van der Waals surface area contributed by atoms with Crippen LogP contribution in [-0.4, -0.2) is 16.6 Å². The molecule has 5 heteroatoms. The van der Waals surface area contributed by atoms with Gasteiger partial charge in [0.1, 0.15) is 16.3 Å². The van der Waals surface area contributed by atoms with Crippen molar-refractivity contribution in [2.45, 2.75) is 47.1 Å². The van der Waals surface area contributed by atoms with Crippen LogP contribution in [0.4, 0.5) is 5.69 Å². The molecule has 0 aliphatic rings. The number of hydrogen-bond donors (Lipinski definition) is 1. The Hall–Kier alpha value is -1.29. The zero-order chi connectivity index (χ0) is 13.2. The van der Waals surface area contributed by atoms with Crippen LogP contribution in [-0.2, 0) is 4.74 Å². The van der Waals surface area contributed by atoms with Gasteiger partial charge >= 0.3 is 5.97 Å². The summed E-state index contributed by atoms with van der Waals surface area (Å²) in [5.74, 6) is -0.535. The summed E-state index contributed by atoms with van der Waals surface area (Å²) < 4.78 is 5.33. The first-order valence-corrected chi connectivity index (χ1v) is 5.80. The molecule has 0 atom stereocenters. The van der Waals surface area contributed by atoms with E-state index in [1.165, 1.54) is 0 Å². The fraction of sp³-hybridized carbons (Fsp3) is 0.538. The molecule has 0 saturated carbocycles. The summed E-state index contributed by atoms with van der Waals surface area (Å²) >= 11 is 5.91. The van der Waals surface area contributed by atoms with E-state index in [0.717, 1.165) is 0 Å². The molecule has 0 spiro atoms. The van der Waals surface area contributed by atoms with Crippen molar-refractivity contribution in [1.82, 2.24) is 4.98 Å². The quantitative estimate of drug-likeness (QED) is 0.674. The van der Waals surface area contributed by atoms with E-state index >= 15 is 0 Å². The lowest BCUT2D eigenvalue weighted by molar-refractivity contribution is -0.00233. The highest BCUT2D eigenvalue weighted by atomic mass is 35.5. The molecule has 0 bridgehead atoms. The molecule has 0 aliphatic carbocycles. The molecule has 18 heavy (non-hydrogen) atoms. The van der Waals surface area contributed by atoms with E-state index < -0.39 is 11.6 Å². The summed E-state index contributed by atoms with van der Waals surface area (Å²) in [4.78, 5) is 15.9. The zero-order valence-electron chi connectivity index (χ0n) is 10.5. The fourth-order valence-corrected chi connectivity index (χ4v) is 1.56. The average molecular weight is 273 g/mol. The molecular weight excluding hydrogens is 252 g/mol. The number of nitrogens with two attached hydrogens (primary N) is 1. The van der Waals surface area contributed by atoms with E-state index in [1.807, 2.05) is 20.8 Å². The second-order valence-electron chi connectivity index (χ2n) is 4.52. The summed E-state index contributed by atoms with van der Waals surface area (Å²) in [5, 5.41) is 0.0828. The van der Waals surface area contributed by atoms with Crippen LogP contribution in [0.2, 0.25) is 5.15 Å². The van der Waals surface area contributed by atoms with E-state index in [9.17, 15) is 4.79 Å². The van der Waals surface area contributed by atoms with Crippen LogP contribution >= 0.6 is 11.6 Å². The second kappa shape index (κ2) is 6.05. The molecule has 1 aromatic heterocycles. The maximum absolute atomic E-state index is 11.9. The van der Waals surface area contributed by atoms with Crippen molar-refractivity contribution < 1.29 is 9.53 Å². The lowest BCUT2D eigenvalue weighted by Gasteiger charge is -2.23. The summed E-state index contributed by atoms with van der Waals surface area (Å²) in [7, 11) is 0. The highest BCUT2D eigenvalue weighted by molar-refractivity contribution is 6.33. The SMILES string of the molecule is C.CCC(C)(C)OC(=O)c1c(N)cc(C)nc1Cl. The van der Waals surface area contributed by atoms with Crippen LogP contribution in [0.25, 0.3) is 0 Å². The molecule has 0 aliphatic heterocycles. The van der Waals surface area contributed by atoms with Gasteiger partial charge in [-0.15, -0.1) is 0 Å². The molecule has 0 aromatic carbocycles. The predicted octanol–water partition coefficient (Wildman–Crippen LogP) is 3.61. The van der Waals surface area contributed by atoms with Gasteiger partial charge in [-0.05, 0) is 33.3 Å². The minimum atomic E-state index is -0.544. The van der Waals surface area contributed by atoms with E-state index in [4.69, 9.17) is 22.1 Å². The van der Waals surface area contributed by atoms with Gasteiger partial charge in [0.25, 0.3) is 0 Å². The topological polar surface area (TPSA) is 65.2 Å². The Kier molecular flexibility index (Phi) is 5.61. The van der Waals surface area contributed by atoms with Gasteiger partial charge in [-0.2, -0.15) is 0 Å². The fourth-order valence-electron chi connectivity index (χ4n) is 1.24. The number of carbonyl (C=O) groups is 1. The van der Waals surface area contributed by atoms with Crippen LogP contribution in [0.15, 0.2) is 6.07 Å². The van der Waals surface area contributed by atoms with Crippen molar-refractivity contribution in [2.75, 3.05) is 5.73 Å². The smallest absolute Gasteiger partial charge is 0.343 e. The molecule has 0 fully saturated rings. The number of ether oxygens (including phenoxy) is 1. The van der Waals surface area contributed by atoms with Crippen molar-refractivity contribution in [3.63, 3.8) is 0 Å². The standard InChI is InChI=1S/C12H17ClN2O2.CH4/c1-5-12(3,4)17-11(16)9-8(14)6-7(2)15-10(9)13;/h6H,5H2,1-4H3,(H2,14,15);1H4. The number of aryl methyl sites for hydroxylation is 1. The first-order chi connectivity index (χ1) is 7.76. The molecule has 0 radical (unpaired) electrons. The third kappa shape index (κ3) is 3.88. The van der Waals surface area contributed by atoms with Crippen molar-refractivity contribution in [3.8, 4) is 0 Å². The summed E-state index contributed by atoms with van der Waals surface area (Å²) in [6, 6.07) is 1.60. The molecule has 2 N–H and O–H groups in total. The lowest BCUT2D eigenvalue weighted by atomic mass is 10.1. The van der Waals surface area contributed by atoms with Gasteiger partial charge in [-0.25, -0.2) is 9.78 Å². The first kappa shape index (κ1) is 16.7. The molecule has 0 saturated heterocycles. The molecule has 1 heterocycles. The number of esters is 1. The van der Waals surface area contributed by atoms with Gasteiger partial charge in [0.2, 0.25) is 0 Å². The Morgan fingerprint density at radius 2 is 2.11 bits per heavy atom. The summed E-state index contributed by atoms with van der Waals surface area (Å²) in [5.41, 5.74) is 6.31. The van der Waals surface area contributed by atoms with Crippen LogP contribution in [0.1, 0.15) is 50.7 Å². The number of aromatic nitrogens is 1. The van der Waals surface area contributed by atoms with Gasteiger partial charge < -0.3 is 10.5 Å². The van der Waals surface area contributed by atoms with Crippen LogP contribution in [0.3, 0.4) is 0 Å². The normalized spacial score (nSPS) is 10.7. The number of hydrogen-bond acceptors (Lipinski definition) is 4. The Morgan fingerprint density at radius 1 is 1.56 bits per heavy atom. The zero-order valence-corrected chi connectivity index (χ0v) is 11.3. The number of halogens is 1. The van der Waals surface area contributed by atoms with Crippen molar-refractivity contribution in [1.29, 1.82) is 0 Å². The Balaban J connectivity index is 0.00000289. The number of nitrogens with zero attached hydrogens (tertiary/aromatic N) is 1. The van der Waals surface area contributed by atoms with Crippen molar-refractivity contribution in [2.24, 2.45) is 0 Å². The maximum atomic E-state index is 11.9. The maximum Gasteiger partial charge on any atom is 0.343 e. The monoisotopic (exact) mass is 272 g/mol. The first-order valence-electron chi connectivity index (χ1n) is 5.43. The van der Waals surface area contributed by atoms with E-state index in [2.05, 4.69) is 4.98 Å². The number of anilines is 1. The van der Waals surface area contributed by atoms with E-state index in [1.54, 1.807) is 13.0 Å². The third-order valence-electron chi connectivity index (χ3n) is 2.56. The molecular formula is C13H21ClN2O2. The number of nitrogen functional groups attached to an aromatic ring is 1. The lowest BCUT2D eigenvalue weighted by Crippen LogP contribution is -2.27. The van der Waals surface area contributed by atoms with Crippen LogP contribution in [0, 0.1) is 6.92 Å². The molecule has 4 nitrogen and oxygen atoms in total. The van der Waals surface area contributed by atoms with Crippen molar-refractivity contribution in [3.05, 3.63) is 22.5 Å². The van der Waals surface area contributed by atoms with Gasteiger partial charge in [-0.1, -0.05) is 26.0 Å². The number of rotatable bonds is 3. The summed E-state index contributed by atoms with van der Waals surface area (Å²) in [6.45, 7) is 7.35. The van der Waals surface area contributed by atoms with Crippen LogP contribution < -0.4 is 5.73 Å². The number of pyridine rings is 1. The minimum Gasteiger partial charge on any atom is -0.456 e. The minimum absolute atomic E-state index is 0. The second-order valence-corrected chi connectivity index (χ2v) is 4.88. The van der Waals surface area contributed by atoms with Gasteiger partial charge in [-0.3, -0.25) is 0 Å². The Bertz CT molecular complexity index is 422. The van der Waals surface area contributed by atoms with Crippen molar-refractivity contribution >= 4 is 23.3 Å². The molecule has 0 amide bonds. The van der Waals surface area contributed by atoms with Crippen LogP contribution in [0.5, 0.6) is 0 Å². The summed E-state index contributed by atoms with van der Waals surface area (Å²) in [6.07, 6.45) is 0.704.